The zero-order valence-electron chi connectivity index (χ0n) is 10.5. The summed E-state index contributed by atoms with van der Waals surface area (Å²) in [5, 5.41) is 0.885. The molecule has 0 saturated carbocycles. The van der Waals surface area contributed by atoms with Crippen molar-refractivity contribution in [3.63, 3.8) is 0 Å². The second-order valence-corrected chi connectivity index (χ2v) is 5.19. The third-order valence-electron chi connectivity index (χ3n) is 2.67. The van der Waals surface area contributed by atoms with E-state index in [1.807, 2.05) is 50.2 Å². The molecule has 0 N–H and O–H groups in total. The van der Waals surface area contributed by atoms with Gasteiger partial charge in [-0.05, 0) is 31.5 Å². The molecular formula is C15H15NOS. The van der Waals surface area contributed by atoms with Crippen LogP contribution in [0.25, 0.3) is 0 Å². The standard InChI is InChI=1S/C15H15NOS/c1-11-6-7-13(12(2)9-11)14(17)10-18-15-5-3-4-8-16-15/h3-9H,10H2,1-2H3. The number of rotatable bonds is 4. The molecule has 0 atom stereocenters. The van der Waals surface area contributed by atoms with Crippen LogP contribution in [-0.2, 0) is 0 Å². The summed E-state index contributed by atoms with van der Waals surface area (Å²) in [6, 6.07) is 11.6. The molecule has 2 rings (SSSR count). The van der Waals surface area contributed by atoms with Gasteiger partial charge >= 0.3 is 0 Å². The lowest BCUT2D eigenvalue weighted by Crippen LogP contribution is -2.05. The number of hydrogen-bond donors (Lipinski definition) is 0. The second-order valence-electron chi connectivity index (χ2n) is 4.20. The van der Waals surface area contributed by atoms with Gasteiger partial charge in [-0.15, -0.1) is 0 Å². The average Bonchev–Trinajstić information content (AvgIpc) is 2.37. The van der Waals surface area contributed by atoms with Gasteiger partial charge in [0.25, 0.3) is 0 Å². The number of aryl methyl sites for hydroxylation is 2. The topological polar surface area (TPSA) is 30.0 Å². The minimum atomic E-state index is 0.156. The average molecular weight is 257 g/mol. The second kappa shape index (κ2) is 5.83. The van der Waals surface area contributed by atoms with Crippen LogP contribution in [0.2, 0.25) is 0 Å². The van der Waals surface area contributed by atoms with Gasteiger partial charge in [-0.25, -0.2) is 4.98 Å². The van der Waals surface area contributed by atoms with Crippen LogP contribution in [0.1, 0.15) is 21.5 Å². The van der Waals surface area contributed by atoms with Gasteiger partial charge in [-0.3, -0.25) is 4.79 Å². The quantitative estimate of drug-likeness (QED) is 0.618. The van der Waals surface area contributed by atoms with Crippen molar-refractivity contribution in [3.05, 3.63) is 59.3 Å². The number of nitrogens with zero attached hydrogens (tertiary/aromatic N) is 1. The molecule has 0 unspecified atom stereocenters. The fourth-order valence-corrected chi connectivity index (χ4v) is 2.52. The molecule has 2 nitrogen and oxygen atoms in total. The molecule has 1 aromatic heterocycles. The van der Waals surface area contributed by atoms with E-state index in [1.54, 1.807) is 6.20 Å². The van der Waals surface area contributed by atoms with Crippen LogP contribution in [-0.4, -0.2) is 16.5 Å². The van der Waals surface area contributed by atoms with Crippen LogP contribution < -0.4 is 0 Å². The summed E-state index contributed by atoms with van der Waals surface area (Å²) in [4.78, 5) is 16.3. The van der Waals surface area contributed by atoms with Gasteiger partial charge in [0.2, 0.25) is 0 Å². The van der Waals surface area contributed by atoms with Crippen LogP contribution in [0, 0.1) is 13.8 Å². The Bertz CT molecular complexity index is 552. The maximum absolute atomic E-state index is 12.1. The number of carbonyl (C=O) groups excluding carboxylic acids is 1. The van der Waals surface area contributed by atoms with Crippen molar-refractivity contribution in [1.82, 2.24) is 4.98 Å². The molecule has 1 heterocycles. The zero-order chi connectivity index (χ0) is 13.0. The number of benzene rings is 1. The lowest BCUT2D eigenvalue weighted by molar-refractivity contribution is 0.102. The zero-order valence-corrected chi connectivity index (χ0v) is 11.3. The van der Waals surface area contributed by atoms with Crippen LogP contribution in [0.5, 0.6) is 0 Å². The SMILES string of the molecule is Cc1ccc(C(=O)CSc2ccccn2)c(C)c1. The molecule has 0 fully saturated rings. The minimum Gasteiger partial charge on any atom is -0.293 e. The molecule has 0 amide bonds. The predicted octanol–water partition coefficient (Wildman–Crippen LogP) is 3.67. The minimum absolute atomic E-state index is 0.156. The summed E-state index contributed by atoms with van der Waals surface area (Å²) in [6.45, 7) is 4.01. The Morgan fingerprint density at radius 2 is 2.06 bits per heavy atom. The number of pyridine rings is 1. The van der Waals surface area contributed by atoms with Gasteiger partial charge in [0.15, 0.2) is 5.78 Å². The maximum Gasteiger partial charge on any atom is 0.173 e. The van der Waals surface area contributed by atoms with E-state index in [1.165, 1.54) is 17.3 Å². The van der Waals surface area contributed by atoms with E-state index >= 15 is 0 Å². The normalized spacial score (nSPS) is 10.3. The van der Waals surface area contributed by atoms with Crippen LogP contribution in [0.3, 0.4) is 0 Å². The van der Waals surface area contributed by atoms with Gasteiger partial charge in [-0.2, -0.15) is 0 Å². The molecule has 0 bridgehead atoms. The van der Waals surface area contributed by atoms with Crippen LogP contribution in [0.4, 0.5) is 0 Å². The van der Waals surface area contributed by atoms with E-state index in [4.69, 9.17) is 0 Å². The van der Waals surface area contributed by atoms with Crippen molar-refractivity contribution >= 4 is 17.5 Å². The smallest absolute Gasteiger partial charge is 0.173 e. The van der Waals surface area contributed by atoms with E-state index in [-0.39, 0.29) is 5.78 Å². The van der Waals surface area contributed by atoms with Crippen molar-refractivity contribution in [2.24, 2.45) is 0 Å². The van der Waals surface area contributed by atoms with Gasteiger partial charge in [0.05, 0.1) is 10.8 Å². The number of thioether (sulfide) groups is 1. The third kappa shape index (κ3) is 3.20. The maximum atomic E-state index is 12.1. The van der Waals surface area contributed by atoms with Crippen molar-refractivity contribution in [1.29, 1.82) is 0 Å². The Balaban J connectivity index is 2.04. The molecule has 92 valence electrons. The summed E-state index contributed by atoms with van der Waals surface area (Å²) in [5.41, 5.74) is 3.03. The number of carbonyl (C=O) groups is 1. The Kier molecular flexibility index (Phi) is 4.15. The Morgan fingerprint density at radius 3 is 2.72 bits per heavy atom. The molecule has 0 aliphatic rings. The summed E-state index contributed by atoms with van der Waals surface area (Å²) >= 11 is 1.48. The van der Waals surface area contributed by atoms with Gasteiger partial charge in [0.1, 0.15) is 0 Å². The molecular weight excluding hydrogens is 242 g/mol. The summed E-state index contributed by atoms with van der Waals surface area (Å²) in [5.74, 6) is 0.587. The predicted molar refractivity (Wildman–Crippen MR) is 75.2 cm³/mol. The Hall–Kier alpha value is -1.61. The fourth-order valence-electron chi connectivity index (χ4n) is 1.78. The van der Waals surface area contributed by atoms with Crippen molar-refractivity contribution < 1.29 is 4.79 Å². The molecule has 0 aliphatic heterocycles. The monoisotopic (exact) mass is 257 g/mol. The molecule has 2 aromatic rings. The molecule has 0 saturated heterocycles. The van der Waals surface area contributed by atoms with E-state index in [0.29, 0.717) is 5.75 Å². The summed E-state index contributed by atoms with van der Waals surface area (Å²) in [6.07, 6.45) is 1.74. The van der Waals surface area contributed by atoms with Crippen LogP contribution >= 0.6 is 11.8 Å². The molecule has 0 spiro atoms. The lowest BCUT2D eigenvalue weighted by Gasteiger charge is -2.05. The van der Waals surface area contributed by atoms with Gasteiger partial charge in [0, 0.05) is 11.8 Å². The van der Waals surface area contributed by atoms with E-state index in [2.05, 4.69) is 4.98 Å². The van der Waals surface area contributed by atoms with Gasteiger partial charge < -0.3 is 0 Å². The van der Waals surface area contributed by atoms with Crippen LogP contribution in [0.15, 0.2) is 47.6 Å². The van der Waals surface area contributed by atoms with Crippen molar-refractivity contribution in [2.45, 2.75) is 18.9 Å². The first kappa shape index (κ1) is 12.8. The highest BCUT2D eigenvalue weighted by atomic mass is 32.2. The fraction of sp³-hybridized carbons (Fsp3) is 0.200. The Morgan fingerprint density at radius 1 is 1.22 bits per heavy atom. The number of Topliss-reactive ketones (excluding diaryl/α,β-unsaturated/α-hetero) is 1. The largest absolute Gasteiger partial charge is 0.293 e. The van der Waals surface area contributed by atoms with E-state index < -0.39 is 0 Å². The molecule has 0 radical (unpaired) electrons. The molecule has 18 heavy (non-hydrogen) atoms. The first-order valence-electron chi connectivity index (χ1n) is 5.81. The molecule has 3 heteroatoms. The molecule has 1 aromatic carbocycles. The van der Waals surface area contributed by atoms with Crippen molar-refractivity contribution in [2.75, 3.05) is 5.75 Å². The highest BCUT2D eigenvalue weighted by Crippen LogP contribution is 2.18. The number of ketones is 1. The van der Waals surface area contributed by atoms with E-state index in [0.717, 1.165) is 16.2 Å². The van der Waals surface area contributed by atoms with E-state index in [9.17, 15) is 4.79 Å². The first-order chi connectivity index (χ1) is 8.66. The third-order valence-corrected chi connectivity index (χ3v) is 3.62. The number of aromatic nitrogens is 1. The highest BCUT2D eigenvalue weighted by Gasteiger charge is 2.09. The Labute approximate surface area is 111 Å². The lowest BCUT2D eigenvalue weighted by atomic mass is 10.0. The van der Waals surface area contributed by atoms with Gasteiger partial charge in [-0.1, -0.05) is 41.6 Å². The first-order valence-corrected chi connectivity index (χ1v) is 6.79. The summed E-state index contributed by atoms with van der Waals surface area (Å²) < 4.78 is 0. The molecule has 0 aliphatic carbocycles. The highest BCUT2D eigenvalue weighted by molar-refractivity contribution is 7.99. The van der Waals surface area contributed by atoms with Crippen molar-refractivity contribution in [3.8, 4) is 0 Å². The summed E-state index contributed by atoms with van der Waals surface area (Å²) in [7, 11) is 0. The number of hydrogen-bond acceptors (Lipinski definition) is 3.